The molecule has 0 atom stereocenters. The van der Waals surface area contributed by atoms with E-state index in [0.717, 1.165) is 21.5 Å². The van der Waals surface area contributed by atoms with Crippen molar-refractivity contribution in [1.29, 1.82) is 0 Å². The number of nitrogen functional groups attached to an aromatic ring is 1. The molecule has 0 unspecified atom stereocenters. The lowest BCUT2D eigenvalue weighted by molar-refractivity contribution is 0.412. The van der Waals surface area contributed by atoms with Gasteiger partial charge in [-0.3, -0.25) is 0 Å². The molecule has 2 aromatic rings. The highest BCUT2D eigenvalue weighted by molar-refractivity contribution is 9.10. The number of benzene rings is 1. The van der Waals surface area contributed by atoms with Gasteiger partial charge in [-0.15, -0.1) is 0 Å². The van der Waals surface area contributed by atoms with Crippen LogP contribution in [0.5, 0.6) is 5.75 Å². The van der Waals surface area contributed by atoms with Gasteiger partial charge in [-0.25, -0.2) is 9.97 Å². The molecule has 1 aromatic heterocycles. The first kappa shape index (κ1) is 12.6. The molecule has 6 heteroatoms. The summed E-state index contributed by atoms with van der Waals surface area (Å²) in [6.45, 7) is 1.87. The average molecular weight is 309 g/mol. The number of methoxy groups -OCH3 is 1. The van der Waals surface area contributed by atoms with Crippen LogP contribution in [0.4, 0.5) is 17.3 Å². The largest absolute Gasteiger partial charge is 0.496 e. The van der Waals surface area contributed by atoms with Crippen LogP contribution in [0, 0.1) is 6.92 Å². The fourth-order valence-corrected chi connectivity index (χ4v) is 2.01. The van der Waals surface area contributed by atoms with Crippen molar-refractivity contribution in [1.82, 2.24) is 9.97 Å². The first-order chi connectivity index (χ1) is 8.61. The molecule has 94 valence electrons. The summed E-state index contributed by atoms with van der Waals surface area (Å²) in [6, 6.07) is 5.68. The first-order valence-corrected chi connectivity index (χ1v) is 6.08. The fraction of sp³-hybridized carbons (Fsp3) is 0.167. The molecular formula is C12H13BrN4O. The maximum absolute atomic E-state index is 5.73. The molecule has 1 heterocycles. The van der Waals surface area contributed by atoms with Crippen molar-refractivity contribution in [2.75, 3.05) is 18.2 Å². The minimum atomic E-state index is 0.472. The summed E-state index contributed by atoms with van der Waals surface area (Å²) in [7, 11) is 1.63. The highest BCUT2D eigenvalue weighted by Gasteiger charge is 2.06. The predicted octanol–water partition coefficient (Wildman–Crippen LogP) is 2.88. The normalized spacial score (nSPS) is 10.2. The van der Waals surface area contributed by atoms with E-state index in [4.69, 9.17) is 10.5 Å². The Kier molecular flexibility index (Phi) is 3.66. The molecule has 0 spiro atoms. The van der Waals surface area contributed by atoms with Gasteiger partial charge in [0, 0.05) is 11.3 Å². The Morgan fingerprint density at radius 2 is 2.11 bits per heavy atom. The Morgan fingerprint density at radius 1 is 1.33 bits per heavy atom. The van der Waals surface area contributed by atoms with E-state index in [1.165, 1.54) is 6.33 Å². The molecule has 5 nitrogen and oxygen atoms in total. The van der Waals surface area contributed by atoms with Crippen LogP contribution in [-0.4, -0.2) is 17.1 Å². The molecule has 0 radical (unpaired) electrons. The van der Waals surface area contributed by atoms with E-state index in [2.05, 4.69) is 31.2 Å². The zero-order valence-corrected chi connectivity index (χ0v) is 11.7. The number of anilines is 3. The number of hydrogen-bond donors (Lipinski definition) is 2. The van der Waals surface area contributed by atoms with Gasteiger partial charge in [0.25, 0.3) is 0 Å². The molecule has 0 saturated carbocycles. The molecule has 0 bridgehead atoms. The predicted molar refractivity (Wildman–Crippen MR) is 75.2 cm³/mol. The Balaban J connectivity index is 2.29. The zero-order chi connectivity index (χ0) is 13.1. The van der Waals surface area contributed by atoms with Gasteiger partial charge in [-0.1, -0.05) is 0 Å². The summed E-state index contributed by atoms with van der Waals surface area (Å²) in [6.07, 6.45) is 1.43. The second kappa shape index (κ2) is 5.22. The van der Waals surface area contributed by atoms with Gasteiger partial charge in [-0.05, 0) is 41.1 Å². The number of nitrogens with zero attached hydrogens (tertiary/aromatic N) is 2. The standard InChI is InChI=1S/C12H13BrN4O/c1-7-11(14)15-6-16-12(7)17-8-3-4-10(18-2)9(13)5-8/h3-6H,1-2H3,(H3,14,15,16,17). The van der Waals surface area contributed by atoms with Crippen molar-refractivity contribution >= 4 is 33.3 Å². The Labute approximate surface area is 114 Å². The van der Waals surface area contributed by atoms with Crippen molar-refractivity contribution in [3.8, 4) is 5.75 Å². The second-order valence-corrected chi connectivity index (χ2v) is 4.56. The second-order valence-electron chi connectivity index (χ2n) is 3.71. The number of nitrogens with two attached hydrogens (primary N) is 1. The SMILES string of the molecule is COc1ccc(Nc2ncnc(N)c2C)cc1Br. The number of halogens is 1. The molecular weight excluding hydrogens is 296 g/mol. The third-order valence-corrected chi connectivity index (χ3v) is 3.16. The Bertz CT molecular complexity index is 574. The molecule has 0 fully saturated rings. The van der Waals surface area contributed by atoms with Crippen LogP contribution in [0.3, 0.4) is 0 Å². The third-order valence-electron chi connectivity index (χ3n) is 2.54. The summed E-state index contributed by atoms with van der Waals surface area (Å²) >= 11 is 3.43. The molecule has 0 aliphatic rings. The molecule has 0 aliphatic heterocycles. The van der Waals surface area contributed by atoms with Crippen LogP contribution >= 0.6 is 15.9 Å². The number of hydrogen-bond acceptors (Lipinski definition) is 5. The maximum Gasteiger partial charge on any atom is 0.138 e. The van der Waals surface area contributed by atoms with Crippen molar-refractivity contribution in [3.63, 3.8) is 0 Å². The molecule has 3 N–H and O–H groups in total. The topological polar surface area (TPSA) is 73.1 Å². The van der Waals surface area contributed by atoms with Gasteiger partial charge in [0.15, 0.2) is 0 Å². The van der Waals surface area contributed by atoms with Crippen molar-refractivity contribution in [3.05, 3.63) is 34.6 Å². The van der Waals surface area contributed by atoms with Crippen molar-refractivity contribution < 1.29 is 4.74 Å². The minimum Gasteiger partial charge on any atom is -0.496 e. The lowest BCUT2D eigenvalue weighted by Gasteiger charge is -2.10. The minimum absolute atomic E-state index is 0.472. The van der Waals surface area contributed by atoms with E-state index < -0.39 is 0 Å². The van der Waals surface area contributed by atoms with Gasteiger partial charge in [0.2, 0.25) is 0 Å². The molecule has 1 aromatic carbocycles. The van der Waals surface area contributed by atoms with Gasteiger partial charge in [-0.2, -0.15) is 0 Å². The van der Waals surface area contributed by atoms with Gasteiger partial charge >= 0.3 is 0 Å². The summed E-state index contributed by atoms with van der Waals surface area (Å²) in [5, 5.41) is 3.19. The van der Waals surface area contributed by atoms with Gasteiger partial charge in [0.1, 0.15) is 23.7 Å². The smallest absolute Gasteiger partial charge is 0.138 e. The van der Waals surface area contributed by atoms with Crippen molar-refractivity contribution in [2.24, 2.45) is 0 Å². The number of aromatic nitrogens is 2. The molecule has 0 saturated heterocycles. The number of nitrogens with one attached hydrogen (secondary N) is 1. The van der Waals surface area contributed by atoms with E-state index in [0.29, 0.717) is 11.6 Å². The maximum atomic E-state index is 5.73. The third kappa shape index (κ3) is 2.53. The van der Waals surface area contributed by atoms with Gasteiger partial charge < -0.3 is 15.8 Å². The lowest BCUT2D eigenvalue weighted by Crippen LogP contribution is -2.02. The van der Waals surface area contributed by atoms with E-state index in [1.807, 2.05) is 25.1 Å². The quantitative estimate of drug-likeness (QED) is 0.912. The molecule has 2 rings (SSSR count). The Morgan fingerprint density at radius 3 is 2.78 bits per heavy atom. The van der Waals surface area contributed by atoms with E-state index in [1.54, 1.807) is 7.11 Å². The van der Waals surface area contributed by atoms with Crippen LogP contribution in [0.15, 0.2) is 29.0 Å². The van der Waals surface area contributed by atoms with E-state index in [-0.39, 0.29) is 0 Å². The lowest BCUT2D eigenvalue weighted by atomic mass is 10.2. The fourth-order valence-electron chi connectivity index (χ4n) is 1.47. The summed E-state index contributed by atoms with van der Waals surface area (Å²) < 4.78 is 6.04. The number of ether oxygens (including phenoxy) is 1. The van der Waals surface area contributed by atoms with Crippen LogP contribution in [-0.2, 0) is 0 Å². The highest BCUT2D eigenvalue weighted by atomic mass is 79.9. The molecule has 0 aliphatic carbocycles. The highest BCUT2D eigenvalue weighted by Crippen LogP contribution is 2.29. The van der Waals surface area contributed by atoms with Crippen LogP contribution in [0.2, 0.25) is 0 Å². The first-order valence-electron chi connectivity index (χ1n) is 5.29. The summed E-state index contributed by atoms with van der Waals surface area (Å²) in [4.78, 5) is 8.08. The molecule has 18 heavy (non-hydrogen) atoms. The van der Waals surface area contributed by atoms with Crippen LogP contribution in [0.1, 0.15) is 5.56 Å². The van der Waals surface area contributed by atoms with E-state index in [9.17, 15) is 0 Å². The molecule has 0 amide bonds. The van der Waals surface area contributed by atoms with E-state index >= 15 is 0 Å². The number of rotatable bonds is 3. The average Bonchev–Trinajstić information content (AvgIpc) is 2.35. The van der Waals surface area contributed by atoms with Crippen LogP contribution in [0.25, 0.3) is 0 Å². The van der Waals surface area contributed by atoms with Crippen molar-refractivity contribution in [2.45, 2.75) is 6.92 Å². The summed E-state index contributed by atoms with van der Waals surface area (Å²) in [5.74, 6) is 1.94. The summed E-state index contributed by atoms with van der Waals surface area (Å²) in [5.41, 5.74) is 7.45. The van der Waals surface area contributed by atoms with Gasteiger partial charge in [0.05, 0.1) is 11.6 Å². The van der Waals surface area contributed by atoms with Crippen LogP contribution < -0.4 is 15.8 Å². The monoisotopic (exact) mass is 308 g/mol. The zero-order valence-electron chi connectivity index (χ0n) is 10.1. The Hall–Kier alpha value is -1.82.